The molecule has 1 aromatic carbocycles. The standard InChI is InChI=1S/C17H12ClF3N6O2S2/c18-11-7-10(17(19,20)21)8-22-14(11)30-16-25-12-3-1-2-4-13(12)27(16)5-6-31(28,29)15-23-9-24-26-15/h1-4,7-9H,5-6H2,(H,23,24,26). The van der Waals surface area contributed by atoms with Gasteiger partial charge in [0.1, 0.15) is 11.4 Å². The van der Waals surface area contributed by atoms with Gasteiger partial charge in [0.2, 0.25) is 15.0 Å². The summed E-state index contributed by atoms with van der Waals surface area (Å²) >= 11 is 6.96. The van der Waals surface area contributed by atoms with E-state index in [1.165, 1.54) is 0 Å². The van der Waals surface area contributed by atoms with E-state index in [0.717, 1.165) is 24.2 Å². The number of hydrogen-bond donors (Lipinski definition) is 1. The fraction of sp³-hybridized carbons (Fsp3) is 0.176. The highest BCUT2D eigenvalue weighted by Crippen LogP contribution is 2.37. The number of H-pyrrole nitrogens is 1. The highest BCUT2D eigenvalue weighted by atomic mass is 35.5. The Morgan fingerprint density at radius 1 is 1.19 bits per heavy atom. The van der Waals surface area contributed by atoms with Crippen molar-refractivity contribution < 1.29 is 21.6 Å². The molecule has 3 heterocycles. The Morgan fingerprint density at radius 2 is 1.97 bits per heavy atom. The lowest BCUT2D eigenvalue weighted by molar-refractivity contribution is -0.137. The molecular formula is C17H12ClF3N6O2S2. The van der Waals surface area contributed by atoms with Crippen LogP contribution in [-0.4, -0.2) is 43.9 Å². The molecule has 0 bridgehead atoms. The molecule has 8 nitrogen and oxygen atoms in total. The zero-order valence-electron chi connectivity index (χ0n) is 15.3. The molecule has 1 N–H and O–H groups in total. The number of imidazole rings is 1. The van der Waals surface area contributed by atoms with Crippen LogP contribution in [0.3, 0.4) is 0 Å². The molecule has 0 aliphatic heterocycles. The predicted molar refractivity (Wildman–Crippen MR) is 107 cm³/mol. The van der Waals surface area contributed by atoms with E-state index < -0.39 is 21.6 Å². The molecule has 0 amide bonds. The van der Waals surface area contributed by atoms with Gasteiger partial charge in [-0.2, -0.15) is 18.3 Å². The highest BCUT2D eigenvalue weighted by Gasteiger charge is 2.32. The van der Waals surface area contributed by atoms with E-state index in [1.54, 1.807) is 28.8 Å². The Morgan fingerprint density at radius 3 is 2.65 bits per heavy atom. The van der Waals surface area contributed by atoms with Gasteiger partial charge in [0.25, 0.3) is 0 Å². The summed E-state index contributed by atoms with van der Waals surface area (Å²) in [6, 6.07) is 7.82. The minimum atomic E-state index is -4.57. The lowest BCUT2D eigenvalue weighted by atomic mass is 10.3. The van der Waals surface area contributed by atoms with Crippen LogP contribution in [0.25, 0.3) is 11.0 Å². The van der Waals surface area contributed by atoms with Crippen molar-refractivity contribution in [3.63, 3.8) is 0 Å². The predicted octanol–water partition coefficient (Wildman–Crippen LogP) is 3.85. The number of alkyl halides is 3. The largest absolute Gasteiger partial charge is 0.417 e. The molecule has 14 heteroatoms. The van der Waals surface area contributed by atoms with Gasteiger partial charge in [-0.15, -0.1) is 0 Å². The van der Waals surface area contributed by atoms with Gasteiger partial charge in [-0.25, -0.2) is 23.4 Å². The van der Waals surface area contributed by atoms with Crippen molar-refractivity contribution >= 4 is 44.2 Å². The molecule has 0 unspecified atom stereocenters. The second-order valence-electron chi connectivity index (χ2n) is 6.26. The van der Waals surface area contributed by atoms with Gasteiger partial charge in [0.15, 0.2) is 5.16 Å². The Labute approximate surface area is 182 Å². The maximum atomic E-state index is 12.9. The molecule has 0 saturated heterocycles. The van der Waals surface area contributed by atoms with Crippen molar-refractivity contribution in [2.75, 3.05) is 5.75 Å². The average Bonchev–Trinajstić information content (AvgIpc) is 3.36. The molecule has 3 aromatic heterocycles. The average molecular weight is 489 g/mol. The number of benzene rings is 1. The van der Waals surface area contributed by atoms with Gasteiger partial charge < -0.3 is 4.57 Å². The van der Waals surface area contributed by atoms with Gasteiger partial charge in [0.05, 0.1) is 27.4 Å². The van der Waals surface area contributed by atoms with Gasteiger partial charge in [-0.05, 0) is 30.0 Å². The van der Waals surface area contributed by atoms with Crippen molar-refractivity contribution in [3.8, 4) is 0 Å². The number of halogens is 4. The van der Waals surface area contributed by atoms with Crippen molar-refractivity contribution in [2.24, 2.45) is 0 Å². The molecule has 0 aliphatic carbocycles. The zero-order chi connectivity index (χ0) is 22.2. The fourth-order valence-electron chi connectivity index (χ4n) is 2.74. The maximum Gasteiger partial charge on any atom is 0.417 e. The van der Waals surface area contributed by atoms with Crippen LogP contribution < -0.4 is 0 Å². The first kappa shape index (κ1) is 21.6. The third kappa shape index (κ3) is 4.52. The van der Waals surface area contributed by atoms with E-state index in [4.69, 9.17) is 11.6 Å². The number of para-hydroxylation sites is 2. The van der Waals surface area contributed by atoms with Gasteiger partial charge in [-0.1, -0.05) is 23.7 Å². The lowest BCUT2D eigenvalue weighted by Gasteiger charge is -2.10. The number of hydrogen-bond acceptors (Lipinski definition) is 7. The maximum absolute atomic E-state index is 12.9. The molecule has 31 heavy (non-hydrogen) atoms. The summed E-state index contributed by atoms with van der Waals surface area (Å²) in [5, 5.41) is 5.89. The number of nitrogens with one attached hydrogen (secondary N) is 1. The number of sulfone groups is 1. The molecule has 0 atom stereocenters. The molecule has 0 radical (unpaired) electrons. The van der Waals surface area contributed by atoms with E-state index in [0.29, 0.717) is 22.4 Å². The lowest BCUT2D eigenvalue weighted by Crippen LogP contribution is -2.15. The van der Waals surface area contributed by atoms with Gasteiger partial charge in [0, 0.05) is 12.7 Å². The Kier molecular flexibility index (Phi) is 5.66. The van der Waals surface area contributed by atoms with Crippen LogP contribution in [0, 0.1) is 0 Å². The van der Waals surface area contributed by atoms with E-state index >= 15 is 0 Å². The number of pyridine rings is 1. The smallest absolute Gasteiger partial charge is 0.318 e. The van der Waals surface area contributed by atoms with Crippen molar-refractivity contribution in [3.05, 3.63) is 53.4 Å². The molecule has 0 saturated carbocycles. The molecule has 4 rings (SSSR count). The first-order chi connectivity index (χ1) is 14.6. The summed E-state index contributed by atoms with van der Waals surface area (Å²) in [7, 11) is -3.74. The quantitative estimate of drug-likeness (QED) is 0.439. The van der Waals surface area contributed by atoms with Gasteiger partial charge >= 0.3 is 6.18 Å². The minimum absolute atomic E-state index is 0.0180. The van der Waals surface area contributed by atoms with Crippen LogP contribution in [0.4, 0.5) is 13.2 Å². The second kappa shape index (κ2) is 8.13. The third-order valence-electron chi connectivity index (χ3n) is 4.21. The van der Waals surface area contributed by atoms with E-state index in [-0.39, 0.29) is 27.5 Å². The summed E-state index contributed by atoms with van der Waals surface area (Å²) in [6.07, 6.45) is -2.78. The number of aromatic nitrogens is 6. The molecule has 0 aliphatic rings. The molecular weight excluding hydrogens is 477 g/mol. The summed E-state index contributed by atoms with van der Waals surface area (Å²) in [6.45, 7) is 0.0180. The Balaban J connectivity index is 1.67. The SMILES string of the molecule is O=S(=O)(CCn1c(Sc2ncc(C(F)(F)F)cc2Cl)nc2ccccc21)c1ncn[nH]1. The summed E-state index contributed by atoms with van der Waals surface area (Å²) in [5.41, 5.74) is 0.277. The second-order valence-corrected chi connectivity index (χ2v) is 9.64. The van der Waals surface area contributed by atoms with Crippen LogP contribution in [0.2, 0.25) is 5.02 Å². The Bertz CT molecular complexity index is 1340. The van der Waals surface area contributed by atoms with E-state index in [1.807, 2.05) is 0 Å². The third-order valence-corrected chi connectivity index (χ3v) is 7.13. The van der Waals surface area contributed by atoms with Crippen molar-refractivity contribution in [2.45, 2.75) is 28.1 Å². The molecule has 0 spiro atoms. The number of aromatic amines is 1. The summed E-state index contributed by atoms with van der Waals surface area (Å²) in [5.74, 6) is -0.301. The minimum Gasteiger partial charge on any atom is -0.318 e. The monoisotopic (exact) mass is 488 g/mol. The number of fused-ring (bicyclic) bond motifs is 1. The van der Waals surface area contributed by atoms with Crippen LogP contribution in [0.5, 0.6) is 0 Å². The van der Waals surface area contributed by atoms with Gasteiger partial charge in [-0.3, -0.25) is 5.10 Å². The first-order valence-electron chi connectivity index (χ1n) is 8.59. The number of aryl methyl sites for hydroxylation is 1. The van der Waals surface area contributed by atoms with Crippen LogP contribution in [0.15, 0.2) is 58.2 Å². The zero-order valence-corrected chi connectivity index (χ0v) is 17.7. The normalized spacial score (nSPS) is 12.5. The van der Waals surface area contributed by atoms with E-state index in [9.17, 15) is 21.6 Å². The molecule has 4 aromatic rings. The van der Waals surface area contributed by atoms with E-state index in [2.05, 4.69) is 25.1 Å². The number of nitrogens with zero attached hydrogens (tertiary/aromatic N) is 5. The molecule has 162 valence electrons. The van der Waals surface area contributed by atoms with Crippen molar-refractivity contribution in [1.29, 1.82) is 0 Å². The number of rotatable bonds is 6. The topological polar surface area (TPSA) is 106 Å². The molecule has 0 fully saturated rings. The first-order valence-corrected chi connectivity index (χ1v) is 11.4. The van der Waals surface area contributed by atoms with Crippen LogP contribution >= 0.6 is 23.4 Å². The van der Waals surface area contributed by atoms with Crippen LogP contribution in [0.1, 0.15) is 5.56 Å². The van der Waals surface area contributed by atoms with Crippen molar-refractivity contribution in [1.82, 2.24) is 29.7 Å². The Hall–Kier alpha value is -2.64. The summed E-state index contributed by atoms with van der Waals surface area (Å²) < 4.78 is 65.2. The highest BCUT2D eigenvalue weighted by molar-refractivity contribution is 7.99. The summed E-state index contributed by atoms with van der Waals surface area (Å²) in [4.78, 5) is 12.0. The fourth-order valence-corrected chi connectivity index (χ4v) is 4.92. The van der Waals surface area contributed by atoms with Crippen LogP contribution in [-0.2, 0) is 22.6 Å².